The molecule has 0 fully saturated rings. The minimum Gasteiger partial charge on any atom is -0.360 e. The van der Waals surface area contributed by atoms with Crippen molar-refractivity contribution in [2.75, 3.05) is 5.43 Å². The number of nitrogens with zero attached hydrogens (tertiary/aromatic N) is 3. The molecule has 24 heavy (non-hydrogen) atoms. The number of rotatable bonds is 4. The number of hydrogen-bond acceptors (Lipinski definition) is 5. The van der Waals surface area contributed by atoms with E-state index in [1.165, 1.54) is 6.07 Å². The van der Waals surface area contributed by atoms with Gasteiger partial charge in [0.05, 0.1) is 5.69 Å². The molecule has 0 amide bonds. The molecular formula is C18H16N4O2. The number of ketones is 1. The fraction of sp³-hybridized carbons (Fsp3) is 0.222. The van der Waals surface area contributed by atoms with E-state index < -0.39 is 5.78 Å². The van der Waals surface area contributed by atoms with Gasteiger partial charge in [0.15, 0.2) is 0 Å². The van der Waals surface area contributed by atoms with Crippen LogP contribution in [0.25, 0.3) is 4.85 Å². The summed E-state index contributed by atoms with van der Waals surface area (Å²) in [5.41, 5.74) is 3.67. The Balaban J connectivity index is 2.21. The second-order valence-electron chi connectivity index (χ2n) is 6.04. The minimum atomic E-state index is -0.607. The van der Waals surface area contributed by atoms with Crippen LogP contribution in [0.2, 0.25) is 0 Å². The van der Waals surface area contributed by atoms with Gasteiger partial charge in [0.1, 0.15) is 11.5 Å². The van der Waals surface area contributed by atoms with Crippen molar-refractivity contribution in [2.24, 2.45) is 5.10 Å². The SMILES string of the molecule is [C-]#[N+]/C(=N/Nc1cccc(C#C)c1)C(=O)c1cc(C(C)(C)C)on1. The molecule has 0 aliphatic rings. The van der Waals surface area contributed by atoms with E-state index in [4.69, 9.17) is 17.5 Å². The Morgan fingerprint density at radius 1 is 1.42 bits per heavy atom. The molecule has 2 aromatic rings. The fourth-order valence-electron chi connectivity index (χ4n) is 1.77. The van der Waals surface area contributed by atoms with Crippen LogP contribution >= 0.6 is 0 Å². The molecule has 0 atom stereocenters. The fourth-order valence-corrected chi connectivity index (χ4v) is 1.77. The van der Waals surface area contributed by atoms with Crippen molar-refractivity contribution in [3.05, 3.63) is 58.8 Å². The van der Waals surface area contributed by atoms with Crippen LogP contribution in [-0.4, -0.2) is 16.8 Å². The molecule has 0 unspecified atom stereocenters. The second kappa shape index (κ2) is 6.80. The van der Waals surface area contributed by atoms with Crippen LogP contribution in [-0.2, 0) is 5.41 Å². The smallest absolute Gasteiger partial charge is 0.343 e. The first-order valence-corrected chi connectivity index (χ1v) is 7.15. The number of nitrogens with one attached hydrogen (secondary N) is 1. The number of carbonyl (C=O) groups excluding carboxylic acids is 1. The lowest BCUT2D eigenvalue weighted by Crippen LogP contribution is -2.13. The molecule has 0 saturated carbocycles. The van der Waals surface area contributed by atoms with Crippen LogP contribution < -0.4 is 5.43 Å². The third-order valence-corrected chi connectivity index (χ3v) is 3.11. The van der Waals surface area contributed by atoms with Crippen LogP contribution in [0, 0.1) is 18.9 Å². The first-order chi connectivity index (χ1) is 11.3. The Morgan fingerprint density at radius 2 is 2.17 bits per heavy atom. The quantitative estimate of drug-likeness (QED) is 0.234. The molecule has 0 aliphatic heterocycles. The Kier molecular flexibility index (Phi) is 4.81. The van der Waals surface area contributed by atoms with E-state index in [9.17, 15) is 4.79 Å². The standard InChI is InChI=1S/C18H16N4O2/c1-6-12-8-7-9-13(10-12)20-21-17(19-5)16(23)14-11-15(24-22-14)18(2,3)4/h1,7-11,20H,2-4H3/b21-17+. The molecule has 1 heterocycles. The molecule has 0 saturated heterocycles. The van der Waals surface area contributed by atoms with E-state index in [1.807, 2.05) is 20.8 Å². The van der Waals surface area contributed by atoms with Gasteiger partial charge < -0.3 is 9.37 Å². The van der Waals surface area contributed by atoms with E-state index in [0.717, 1.165) is 0 Å². The Hall–Kier alpha value is -3.38. The zero-order valence-electron chi connectivity index (χ0n) is 13.6. The molecule has 2 rings (SSSR count). The zero-order valence-corrected chi connectivity index (χ0v) is 13.6. The summed E-state index contributed by atoms with van der Waals surface area (Å²) >= 11 is 0. The van der Waals surface area contributed by atoms with Gasteiger partial charge in [-0.1, -0.05) is 44.5 Å². The summed E-state index contributed by atoms with van der Waals surface area (Å²) in [4.78, 5) is 15.5. The molecule has 6 heteroatoms. The average molecular weight is 320 g/mol. The number of terminal acetylenes is 1. The van der Waals surface area contributed by atoms with E-state index in [2.05, 4.69) is 26.4 Å². The van der Waals surface area contributed by atoms with Crippen molar-refractivity contribution < 1.29 is 9.32 Å². The number of benzene rings is 1. The molecule has 1 aromatic heterocycles. The van der Waals surface area contributed by atoms with Crippen molar-refractivity contribution in [3.8, 4) is 12.3 Å². The van der Waals surface area contributed by atoms with Gasteiger partial charge in [-0.2, -0.15) is 0 Å². The number of hydrazone groups is 1. The number of aromatic nitrogens is 1. The molecule has 0 aliphatic carbocycles. The van der Waals surface area contributed by atoms with Gasteiger partial charge in [-0.3, -0.25) is 4.79 Å². The van der Waals surface area contributed by atoms with Crippen LogP contribution in [0.1, 0.15) is 42.6 Å². The van der Waals surface area contributed by atoms with E-state index in [1.54, 1.807) is 24.3 Å². The first-order valence-electron chi connectivity index (χ1n) is 7.15. The highest BCUT2D eigenvalue weighted by molar-refractivity contribution is 6.48. The highest BCUT2D eigenvalue weighted by atomic mass is 16.5. The van der Waals surface area contributed by atoms with E-state index >= 15 is 0 Å². The van der Waals surface area contributed by atoms with E-state index in [-0.39, 0.29) is 16.9 Å². The maximum atomic E-state index is 12.3. The first kappa shape index (κ1) is 17.0. The van der Waals surface area contributed by atoms with Crippen molar-refractivity contribution in [1.29, 1.82) is 0 Å². The summed E-state index contributed by atoms with van der Waals surface area (Å²) in [6.07, 6.45) is 5.33. The predicted octanol–water partition coefficient (Wildman–Crippen LogP) is 3.48. The Morgan fingerprint density at radius 3 is 2.75 bits per heavy atom. The summed E-state index contributed by atoms with van der Waals surface area (Å²) in [6, 6.07) is 8.45. The maximum Gasteiger partial charge on any atom is 0.343 e. The second-order valence-corrected chi connectivity index (χ2v) is 6.04. The summed E-state index contributed by atoms with van der Waals surface area (Å²) in [6.45, 7) is 13.0. The van der Waals surface area contributed by atoms with E-state index in [0.29, 0.717) is 17.0 Å². The summed E-state index contributed by atoms with van der Waals surface area (Å²) in [7, 11) is 0. The maximum absolute atomic E-state index is 12.3. The molecule has 6 nitrogen and oxygen atoms in total. The zero-order chi connectivity index (χ0) is 17.7. The van der Waals surface area contributed by atoms with Gasteiger partial charge in [-0.15, -0.1) is 6.42 Å². The van der Waals surface area contributed by atoms with Crippen LogP contribution in [0.4, 0.5) is 5.69 Å². The van der Waals surface area contributed by atoms with Crippen LogP contribution in [0.15, 0.2) is 40.0 Å². The number of carbonyl (C=O) groups is 1. The van der Waals surface area contributed by atoms with Crippen LogP contribution in [0.5, 0.6) is 0 Å². The van der Waals surface area contributed by atoms with Crippen LogP contribution in [0.3, 0.4) is 0 Å². The number of anilines is 1. The normalized spacial score (nSPS) is 11.5. The monoisotopic (exact) mass is 320 g/mol. The van der Waals surface area contributed by atoms with Gasteiger partial charge in [-0.25, -0.2) is 5.43 Å². The highest BCUT2D eigenvalue weighted by Gasteiger charge is 2.24. The third-order valence-electron chi connectivity index (χ3n) is 3.11. The Bertz CT molecular complexity index is 873. The number of hydrogen-bond donors (Lipinski definition) is 1. The summed E-state index contributed by atoms with van der Waals surface area (Å²) in [5.74, 6) is 2.11. The Labute approximate surface area is 140 Å². The summed E-state index contributed by atoms with van der Waals surface area (Å²) < 4.78 is 5.17. The van der Waals surface area contributed by atoms with Crippen molar-refractivity contribution in [2.45, 2.75) is 26.2 Å². The molecule has 0 bridgehead atoms. The van der Waals surface area contributed by atoms with Gasteiger partial charge >= 0.3 is 5.84 Å². The molecule has 0 spiro atoms. The lowest BCUT2D eigenvalue weighted by atomic mass is 9.93. The lowest BCUT2D eigenvalue weighted by Gasteiger charge is -2.11. The predicted molar refractivity (Wildman–Crippen MR) is 91.6 cm³/mol. The van der Waals surface area contributed by atoms with Crippen molar-refractivity contribution >= 4 is 17.3 Å². The molecule has 120 valence electrons. The molecule has 1 aromatic carbocycles. The lowest BCUT2D eigenvalue weighted by molar-refractivity contribution is 0.105. The van der Waals surface area contributed by atoms with Crippen molar-refractivity contribution in [1.82, 2.24) is 5.16 Å². The minimum absolute atomic E-state index is 0.0499. The molecular weight excluding hydrogens is 304 g/mol. The third kappa shape index (κ3) is 3.88. The largest absolute Gasteiger partial charge is 0.360 e. The number of amidine groups is 1. The summed E-state index contributed by atoms with van der Waals surface area (Å²) in [5, 5.41) is 7.58. The number of Topliss-reactive ketones (excluding diaryl/α,β-unsaturated/α-hetero) is 1. The topological polar surface area (TPSA) is 71.8 Å². The molecule has 0 radical (unpaired) electrons. The highest BCUT2D eigenvalue weighted by Crippen LogP contribution is 2.23. The van der Waals surface area contributed by atoms with Gasteiger partial charge in [0.25, 0.3) is 0 Å². The van der Waals surface area contributed by atoms with Crippen molar-refractivity contribution in [3.63, 3.8) is 0 Å². The van der Waals surface area contributed by atoms with Gasteiger partial charge in [0, 0.05) is 17.0 Å². The molecule has 1 N–H and O–H groups in total. The van der Waals surface area contributed by atoms with Gasteiger partial charge in [0.2, 0.25) is 5.78 Å². The average Bonchev–Trinajstić information content (AvgIpc) is 3.05. The van der Waals surface area contributed by atoms with Gasteiger partial charge in [-0.05, 0) is 23.3 Å².